The number of anilines is 1. The molecule has 0 atom stereocenters. The molecule has 8 nitrogen and oxygen atoms in total. The molecule has 0 saturated carbocycles. The van der Waals surface area contributed by atoms with E-state index in [1.54, 1.807) is 25.2 Å². The zero-order valence-corrected chi connectivity index (χ0v) is 18.2. The Bertz CT molecular complexity index is 1620. The fourth-order valence-corrected chi connectivity index (χ4v) is 4.69. The molecule has 0 unspecified atom stereocenters. The van der Waals surface area contributed by atoms with Crippen LogP contribution in [0.3, 0.4) is 0 Å². The summed E-state index contributed by atoms with van der Waals surface area (Å²) in [6, 6.07) is 13.2. The highest BCUT2D eigenvalue weighted by atomic mass is 32.1. The van der Waals surface area contributed by atoms with Gasteiger partial charge in [-0.1, -0.05) is 30.3 Å². The van der Waals surface area contributed by atoms with Gasteiger partial charge in [0.05, 0.1) is 23.0 Å². The summed E-state index contributed by atoms with van der Waals surface area (Å²) in [5, 5.41) is 6.65. The van der Waals surface area contributed by atoms with Crippen molar-refractivity contribution in [2.75, 3.05) is 5.32 Å². The van der Waals surface area contributed by atoms with Gasteiger partial charge in [0.15, 0.2) is 5.13 Å². The smallest absolute Gasteiger partial charge is 0.328 e. The second-order valence-electron chi connectivity index (χ2n) is 7.56. The van der Waals surface area contributed by atoms with Gasteiger partial charge in [-0.05, 0) is 17.7 Å². The number of aryl methyl sites for hydroxylation is 2. The van der Waals surface area contributed by atoms with E-state index < -0.39 is 11.2 Å². The number of benzene rings is 2. The van der Waals surface area contributed by atoms with Crippen LogP contribution in [0.4, 0.5) is 5.13 Å². The van der Waals surface area contributed by atoms with Gasteiger partial charge < -0.3 is 9.88 Å². The number of rotatable bonds is 4. The lowest BCUT2D eigenvalue weighted by Gasteiger charge is -2.08. The number of nitrogens with zero attached hydrogens (tertiary/aromatic N) is 3. The minimum absolute atomic E-state index is 0.0121. The van der Waals surface area contributed by atoms with Crippen LogP contribution in [0.25, 0.3) is 33.1 Å². The van der Waals surface area contributed by atoms with Crippen molar-refractivity contribution in [3.05, 3.63) is 80.4 Å². The summed E-state index contributed by atoms with van der Waals surface area (Å²) >= 11 is 1.35. The lowest BCUT2D eigenvalue weighted by molar-refractivity contribution is -0.115. The van der Waals surface area contributed by atoms with Crippen molar-refractivity contribution in [3.8, 4) is 11.3 Å². The van der Waals surface area contributed by atoms with E-state index >= 15 is 0 Å². The third-order valence-corrected chi connectivity index (χ3v) is 6.27. The Morgan fingerprint density at radius 1 is 1.09 bits per heavy atom. The molecule has 2 N–H and O–H groups in total. The third-order valence-electron chi connectivity index (χ3n) is 5.52. The number of para-hydroxylation sites is 1. The molecule has 32 heavy (non-hydrogen) atoms. The number of carbonyl (C=O) groups is 1. The number of nitrogens with one attached hydrogen (secondary N) is 2. The molecule has 0 spiro atoms. The van der Waals surface area contributed by atoms with Crippen molar-refractivity contribution in [2.24, 2.45) is 14.1 Å². The van der Waals surface area contributed by atoms with Crippen molar-refractivity contribution < 1.29 is 4.79 Å². The molecular formula is C23H19N5O3S. The normalized spacial score (nSPS) is 11.3. The number of thiazole rings is 1. The topological polar surface area (TPSA) is 102 Å². The maximum atomic E-state index is 12.7. The van der Waals surface area contributed by atoms with Crippen LogP contribution in [-0.2, 0) is 25.3 Å². The van der Waals surface area contributed by atoms with Crippen LogP contribution in [0.2, 0.25) is 0 Å². The van der Waals surface area contributed by atoms with E-state index in [4.69, 9.17) is 0 Å². The molecule has 0 aliphatic heterocycles. The van der Waals surface area contributed by atoms with E-state index in [0.717, 1.165) is 22.2 Å². The molecule has 5 rings (SSSR count). The van der Waals surface area contributed by atoms with Crippen LogP contribution in [0.1, 0.15) is 5.56 Å². The summed E-state index contributed by atoms with van der Waals surface area (Å²) < 4.78 is 3.41. The highest BCUT2D eigenvalue weighted by Crippen LogP contribution is 2.32. The predicted octanol–water partition coefficient (Wildman–Crippen LogP) is 3.02. The van der Waals surface area contributed by atoms with Gasteiger partial charge in [-0.15, -0.1) is 11.3 Å². The first-order valence-corrected chi connectivity index (χ1v) is 10.8. The predicted molar refractivity (Wildman–Crippen MR) is 126 cm³/mol. The SMILES string of the molecule is Cn1cc(-c2csc(NC(=O)Cc3cccc4c3c(=O)[nH]c(=O)n4C)n2)c2ccccc21. The summed E-state index contributed by atoms with van der Waals surface area (Å²) in [5.74, 6) is -0.287. The van der Waals surface area contributed by atoms with Gasteiger partial charge in [0.2, 0.25) is 5.91 Å². The van der Waals surface area contributed by atoms with Crippen molar-refractivity contribution in [2.45, 2.75) is 6.42 Å². The van der Waals surface area contributed by atoms with Gasteiger partial charge >= 0.3 is 5.69 Å². The molecule has 1 amide bonds. The Morgan fingerprint density at radius 2 is 1.88 bits per heavy atom. The summed E-state index contributed by atoms with van der Waals surface area (Å²) in [6.45, 7) is 0. The fourth-order valence-electron chi connectivity index (χ4n) is 3.97. The van der Waals surface area contributed by atoms with E-state index in [1.807, 2.05) is 41.4 Å². The van der Waals surface area contributed by atoms with Crippen LogP contribution < -0.4 is 16.6 Å². The molecule has 3 heterocycles. The Balaban J connectivity index is 1.42. The number of H-pyrrole nitrogens is 1. The summed E-state index contributed by atoms with van der Waals surface area (Å²) in [7, 11) is 3.57. The quantitative estimate of drug-likeness (QED) is 0.444. The number of hydrogen-bond acceptors (Lipinski definition) is 5. The van der Waals surface area contributed by atoms with Gasteiger partial charge in [0.25, 0.3) is 5.56 Å². The Hall–Kier alpha value is -3.98. The molecule has 0 aliphatic rings. The molecule has 0 fully saturated rings. The maximum Gasteiger partial charge on any atom is 0.328 e. The molecule has 0 saturated heterocycles. The molecule has 5 aromatic rings. The summed E-state index contributed by atoms with van der Waals surface area (Å²) in [5.41, 5.74) is 2.93. The molecule has 9 heteroatoms. The highest BCUT2D eigenvalue weighted by molar-refractivity contribution is 7.14. The van der Waals surface area contributed by atoms with Gasteiger partial charge in [0.1, 0.15) is 0 Å². The standard InChI is InChI=1S/C23H19N5O3S/c1-27-11-15(14-7-3-4-8-17(14)27)16-12-32-22(24-16)25-19(29)10-13-6-5-9-18-20(13)21(30)26-23(31)28(18)2/h3-9,11-12H,10H2,1-2H3,(H,24,25,29)(H,26,30,31). The first-order valence-electron chi connectivity index (χ1n) is 9.93. The number of aromatic amines is 1. The van der Waals surface area contributed by atoms with Crippen molar-refractivity contribution in [3.63, 3.8) is 0 Å². The Labute approximate surface area is 185 Å². The summed E-state index contributed by atoms with van der Waals surface area (Å²) in [4.78, 5) is 43.8. The molecule has 0 aliphatic carbocycles. The Morgan fingerprint density at radius 3 is 2.72 bits per heavy atom. The third kappa shape index (κ3) is 3.32. The van der Waals surface area contributed by atoms with E-state index in [1.165, 1.54) is 15.9 Å². The zero-order chi connectivity index (χ0) is 22.4. The van der Waals surface area contributed by atoms with Crippen molar-refractivity contribution in [1.82, 2.24) is 19.1 Å². The number of aromatic nitrogens is 4. The molecule has 3 aromatic heterocycles. The van der Waals surface area contributed by atoms with E-state index in [9.17, 15) is 14.4 Å². The van der Waals surface area contributed by atoms with E-state index in [2.05, 4.69) is 21.4 Å². The fraction of sp³-hybridized carbons (Fsp3) is 0.130. The minimum atomic E-state index is -0.501. The van der Waals surface area contributed by atoms with Gasteiger partial charge in [-0.2, -0.15) is 0 Å². The molecule has 0 radical (unpaired) electrons. The van der Waals surface area contributed by atoms with Gasteiger partial charge in [-0.25, -0.2) is 9.78 Å². The van der Waals surface area contributed by atoms with Crippen LogP contribution in [-0.4, -0.2) is 25.0 Å². The van der Waals surface area contributed by atoms with Crippen LogP contribution in [0, 0.1) is 0 Å². The van der Waals surface area contributed by atoms with Crippen LogP contribution in [0.15, 0.2) is 63.6 Å². The largest absolute Gasteiger partial charge is 0.350 e. The van der Waals surface area contributed by atoms with Crippen molar-refractivity contribution in [1.29, 1.82) is 0 Å². The van der Waals surface area contributed by atoms with E-state index in [0.29, 0.717) is 21.6 Å². The lowest BCUT2D eigenvalue weighted by Crippen LogP contribution is -2.29. The van der Waals surface area contributed by atoms with Crippen LogP contribution in [0.5, 0.6) is 0 Å². The Kier molecular flexibility index (Phi) is 4.75. The first-order chi connectivity index (χ1) is 15.4. The number of carbonyl (C=O) groups excluding carboxylic acids is 1. The number of amides is 1. The lowest BCUT2D eigenvalue weighted by atomic mass is 10.1. The highest BCUT2D eigenvalue weighted by Gasteiger charge is 2.15. The molecule has 160 valence electrons. The van der Waals surface area contributed by atoms with Gasteiger partial charge in [-0.3, -0.25) is 19.1 Å². The monoisotopic (exact) mass is 445 g/mol. The van der Waals surface area contributed by atoms with Crippen LogP contribution >= 0.6 is 11.3 Å². The maximum absolute atomic E-state index is 12.7. The van der Waals surface area contributed by atoms with Gasteiger partial charge in [0, 0.05) is 42.1 Å². The molecular weight excluding hydrogens is 426 g/mol. The van der Waals surface area contributed by atoms with Crippen molar-refractivity contribution >= 4 is 44.2 Å². The average molecular weight is 446 g/mol. The summed E-state index contributed by atoms with van der Waals surface area (Å²) in [6.07, 6.45) is 2.01. The number of hydrogen-bond donors (Lipinski definition) is 2. The average Bonchev–Trinajstić information content (AvgIpc) is 3.36. The molecule has 2 aromatic carbocycles. The number of fused-ring (bicyclic) bond motifs is 2. The second-order valence-corrected chi connectivity index (χ2v) is 8.42. The first kappa shape index (κ1) is 20.0. The minimum Gasteiger partial charge on any atom is -0.350 e. The van der Waals surface area contributed by atoms with E-state index in [-0.39, 0.29) is 12.3 Å². The molecule has 0 bridgehead atoms. The second kappa shape index (κ2) is 7.61. The zero-order valence-electron chi connectivity index (χ0n) is 17.4.